The maximum atomic E-state index is 12.9. The first-order valence-electron chi connectivity index (χ1n) is 10.9. The molecule has 0 unspecified atom stereocenters. The molecule has 0 spiro atoms. The quantitative estimate of drug-likeness (QED) is 0.381. The number of aromatic nitrogens is 2. The van der Waals surface area contributed by atoms with Crippen LogP contribution in [0.25, 0.3) is 0 Å². The van der Waals surface area contributed by atoms with E-state index in [9.17, 15) is 19.2 Å². The highest BCUT2D eigenvalue weighted by Crippen LogP contribution is 2.27. The van der Waals surface area contributed by atoms with Crippen LogP contribution in [0, 0.1) is 0 Å². The van der Waals surface area contributed by atoms with Crippen LogP contribution in [-0.4, -0.2) is 41.2 Å². The third-order valence-corrected chi connectivity index (χ3v) is 5.54. The summed E-state index contributed by atoms with van der Waals surface area (Å²) in [6, 6.07) is 13.5. The number of hydrogen-bond donors (Lipinski definition) is 2. The maximum Gasteiger partial charge on any atom is 0.344 e. The Labute approximate surface area is 216 Å². The predicted octanol–water partition coefficient (Wildman–Crippen LogP) is 2.84. The molecule has 0 atom stereocenters. The van der Waals surface area contributed by atoms with Crippen molar-refractivity contribution in [1.82, 2.24) is 9.55 Å². The number of amides is 1. The van der Waals surface area contributed by atoms with Crippen LogP contribution < -0.4 is 26.6 Å². The van der Waals surface area contributed by atoms with Gasteiger partial charge in [0.05, 0.1) is 11.6 Å². The molecular weight excluding hydrogens is 511 g/mol. The van der Waals surface area contributed by atoms with E-state index >= 15 is 0 Å². The number of ether oxygens (including phenoxy) is 2. The summed E-state index contributed by atoms with van der Waals surface area (Å²) in [4.78, 5) is 53.5. The highest BCUT2D eigenvalue weighted by atomic mass is 35.5. The number of nitrogens with two attached hydrogens (primary N) is 1. The monoisotopic (exact) mass is 534 g/mol. The summed E-state index contributed by atoms with van der Waals surface area (Å²) in [7, 11) is 0. The van der Waals surface area contributed by atoms with Gasteiger partial charge >= 0.3 is 11.7 Å². The van der Waals surface area contributed by atoms with Crippen LogP contribution in [0.4, 0.5) is 11.5 Å². The molecule has 3 aromatic rings. The number of aromatic amines is 1. The van der Waals surface area contributed by atoms with Gasteiger partial charge in [-0.1, -0.05) is 60.5 Å². The van der Waals surface area contributed by atoms with Gasteiger partial charge in [0.1, 0.15) is 11.6 Å². The first-order valence-corrected chi connectivity index (χ1v) is 11.7. The summed E-state index contributed by atoms with van der Waals surface area (Å²) in [6.07, 6.45) is 0.467. The fraction of sp³-hybridized carbons (Fsp3) is 0.250. The summed E-state index contributed by atoms with van der Waals surface area (Å²) in [5, 5.41) is 0.613. The third-order valence-electron chi connectivity index (χ3n) is 5.01. The second kappa shape index (κ2) is 12.3. The summed E-state index contributed by atoms with van der Waals surface area (Å²) in [5.41, 5.74) is 5.23. The minimum absolute atomic E-state index is 0.0863. The van der Waals surface area contributed by atoms with Gasteiger partial charge in [-0.15, -0.1) is 0 Å². The smallest absolute Gasteiger partial charge is 0.344 e. The van der Waals surface area contributed by atoms with E-state index in [1.807, 2.05) is 6.07 Å². The fourth-order valence-electron chi connectivity index (χ4n) is 3.34. The van der Waals surface area contributed by atoms with Crippen LogP contribution in [0.1, 0.15) is 18.9 Å². The topological polar surface area (TPSA) is 137 Å². The first kappa shape index (κ1) is 26.8. The number of hydrogen-bond acceptors (Lipinski definition) is 7. The van der Waals surface area contributed by atoms with Gasteiger partial charge in [0.2, 0.25) is 0 Å². The van der Waals surface area contributed by atoms with Gasteiger partial charge in [-0.3, -0.25) is 19.1 Å². The molecule has 3 N–H and O–H groups in total. The van der Waals surface area contributed by atoms with Crippen molar-refractivity contribution in [3.05, 3.63) is 85.0 Å². The number of halogens is 2. The summed E-state index contributed by atoms with van der Waals surface area (Å²) >= 11 is 11.8. The van der Waals surface area contributed by atoms with Crippen LogP contribution in [0.2, 0.25) is 10.0 Å². The van der Waals surface area contributed by atoms with Crippen molar-refractivity contribution in [3.8, 4) is 5.75 Å². The molecule has 1 amide bonds. The highest BCUT2D eigenvalue weighted by Gasteiger charge is 2.25. The number of nitrogens with one attached hydrogen (secondary N) is 1. The molecule has 0 saturated carbocycles. The average Bonchev–Trinajstić information content (AvgIpc) is 2.84. The summed E-state index contributed by atoms with van der Waals surface area (Å²) in [6.45, 7) is 0.799. The van der Waals surface area contributed by atoms with Crippen molar-refractivity contribution in [2.45, 2.75) is 19.9 Å². The molecule has 1 heterocycles. The zero-order valence-corrected chi connectivity index (χ0v) is 20.8. The lowest BCUT2D eigenvalue weighted by Gasteiger charge is -2.24. The Bertz CT molecular complexity index is 1360. The number of esters is 1. The Morgan fingerprint density at radius 3 is 2.47 bits per heavy atom. The van der Waals surface area contributed by atoms with Gasteiger partial charge in [-0.25, -0.2) is 9.59 Å². The SMILES string of the molecule is CCCN(C(=O)COC(=O)COc1ccc(Cl)cc1Cl)c1c(N)n(Cc2ccccc2)c(=O)[nH]c1=O. The minimum atomic E-state index is -0.832. The average molecular weight is 535 g/mol. The Balaban J connectivity index is 1.74. The zero-order valence-electron chi connectivity index (χ0n) is 19.3. The van der Waals surface area contributed by atoms with E-state index in [0.717, 1.165) is 15.0 Å². The van der Waals surface area contributed by atoms with E-state index in [0.29, 0.717) is 11.4 Å². The predicted molar refractivity (Wildman–Crippen MR) is 137 cm³/mol. The number of anilines is 2. The molecule has 0 bridgehead atoms. The number of nitrogens with zero attached hydrogens (tertiary/aromatic N) is 2. The van der Waals surface area contributed by atoms with Gasteiger partial charge in [-0.05, 0) is 30.2 Å². The lowest BCUT2D eigenvalue weighted by Crippen LogP contribution is -2.43. The molecule has 3 rings (SSSR count). The van der Waals surface area contributed by atoms with Crippen molar-refractivity contribution < 1.29 is 19.1 Å². The van der Waals surface area contributed by atoms with E-state index in [2.05, 4.69) is 4.98 Å². The van der Waals surface area contributed by atoms with Gasteiger partial charge in [0.25, 0.3) is 11.5 Å². The number of H-pyrrole nitrogens is 1. The second-order valence-corrected chi connectivity index (χ2v) is 8.48. The van der Waals surface area contributed by atoms with E-state index < -0.39 is 36.3 Å². The van der Waals surface area contributed by atoms with E-state index in [1.165, 1.54) is 12.1 Å². The molecule has 1 aromatic heterocycles. The number of carbonyl (C=O) groups is 2. The highest BCUT2D eigenvalue weighted by molar-refractivity contribution is 6.35. The minimum Gasteiger partial charge on any atom is -0.480 e. The fourth-order valence-corrected chi connectivity index (χ4v) is 3.80. The largest absolute Gasteiger partial charge is 0.480 e. The first-order chi connectivity index (χ1) is 17.2. The van der Waals surface area contributed by atoms with Crippen LogP contribution in [0.3, 0.4) is 0 Å². The van der Waals surface area contributed by atoms with Crippen LogP contribution in [0.15, 0.2) is 58.1 Å². The van der Waals surface area contributed by atoms with Crippen molar-refractivity contribution >= 4 is 46.6 Å². The van der Waals surface area contributed by atoms with Gasteiger partial charge in [0.15, 0.2) is 18.9 Å². The van der Waals surface area contributed by atoms with E-state index in [1.54, 1.807) is 37.3 Å². The molecule has 10 nitrogen and oxygen atoms in total. The Hall–Kier alpha value is -3.76. The van der Waals surface area contributed by atoms with Gasteiger partial charge < -0.3 is 20.1 Å². The van der Waals surface area contributed by atoms with Gasteiger partial charge in [0, 0.05) is 11.6 Å². The molecule has 190 valence electrons. The number of carbonyl (C=O) groups excluding carboxylic acids is 2. The lowest BCUT2D eigenvalue weighted by atomic mass is 10.2. The van der Waals surface area contributed by atoms with E-state index in [4.69, 9.17) is 38.4 Å². The van der Waals surface area contributed by atoms with Crippen molar-refractivity contribution in [2.75, 3.05) is 30.4 Å². The number of rotatable bonds is 10. The summed E-state index contributed by atoms with van der Waals surface area (Å²) in [5.74, 6) is -1.49. The Kier molecular flexibility index (Phi) is 9.15. The summed E-state index contributed by atoms with van der Waals surface area (Å²) < 4.78 is 11.5. The Morgan fingerprint density at radius 2 is 1.81 bits per heavy atom. The Morgan fingerprint density at radius 1 is 1.08 bits per heavy atom. The van der Waals surface area contributed by atoms with Crippen molar-refractivity contribution in [3.63, 3.8) is 0 Å². The molecule has 0 aliphatic heterocycles. The molecule has 0 aliphatic carbocycles. The third kappa shape index (κ3) is 6.67. The van der Waals surface area contributed by atoms with E-state index in [-0.39, 0.29) is 35.4 Å². The van der Waals surface area contributed by atoms with Crippen LogP contribution in [0.5, 0.6) is 5.75 Å². The molecule has 2 aromatic carbocycles. The standard InChI is InChI=1S/C24H24Cl2N4O6/c1-2-10-29(19(31)13-36-20(32)14-35-18-9-8-16(25)11-17(18)26)21-22(27)30(24(34)28-23(21)33)12-15-6-4-3-5-7-15/h3-9,11H,2,10,12-14,27H2,1H3,(H,28,33,34). The second-order valence-electron chi connectivity index (χ2n) is 7.63. The maximum absolute atomic E-state index is 12.9. The molecular formula is C24H24Cl2N4O6. The number of benzene rings is 2. The van der Waals surface area contributed by atoms with Crippen LogP contribution in [-0.2, 0) is 20.9 Å². The molecule has 0 radical (unpaired) electrons. The zero-order chi connectivity index (χ0) is 26.2. The molecule has 0 saturated heterocycles. The van der Waals surface area contributed by atoms with Crippen molar-refractivity contribution in [2.24, 2.45) is 0 Å². The van der Waals surface area contributed by atoms with Crippen molar-refractivity contribution in [1.29, 1.82) is 0 Å². The van der Waals surface area contributed by atoms with Gasteiger partial charge in [-0.2, -0.15) is 0 Å². The lowest BCUT2D eigenvalue weighted by molar-refractivity contribution is -0.149. The molecule has 36 heavy (non-hydrogen) atoms. The molecule has 0 fully saturated rings. The normalized spacial score (nSPS) is 10.6. The molecule has 12 heteroatoms. The van der Waals surface area contributed by atoms with Crippen LogP contribution >= 0.6 is 23.2 Å². The molecule has 0 aliphatic rings. The number of nitrogen functional groups attached to an aromatic ring is 1.